The van der Waals surface area contributed by atoms with Gasteiger partial charge in [0, 0.05) is 6.04 Å². The van der Waals surface area contributed by atoms with Crippen molar-refractivity contribution >= 4 is 12.4 Å². The molecular weight excluding hydrogens is 236 g/mol. The lowest BCUT2D eigenvalue weighted by Gasteiger charge is -2.22. The van der Waals surface area contributed by atoms with E-state index in [-0.39, 0.29) is 24.2 Å². The van der Waals surface area contributed by atoms with Crippen molar-refractivity contribution in [1.82, 2.24) is 0 Å². The Bertz CT molecular complexity index is 398. The van der Waals surface area contributed by atoms with Crippen LogP contribution in [0.2, 0.25) is 0 Å². The molecule has 0 heterocycles. The van der Waals surface area contributed by atoms with Crippen molar-refractivity contribution in [2.45, 2.75) is 25.3 Å². The molecular formula is C11H14ClF2NO. The first kappa shape index (κ1) is 13.2. The fourth-order valence-corrected chi connectivity index (χ4v) is 2.01. The molecule has 2 nitrogen and oxygen atoms in total. The minimum atomic E-state index is -0.897. The second-order valence-electron chi connectivity index (χ2n) is 3.85. The van der Waals surface area contributed by atoms with E-state index in [2.05, 4.69) is 0 Å². The van der Waals surface area contributed by atoms with Gasteiger partial charge < -0.3 is 10.5 Å². The summed E-state index contributed by atoms with van der Waals surface area (Å²) in [4.78, 5) is 0. The zero-order chi connectivity index (χ0) is 11.0. The summed E-state index contributed by atoms with van der Waals surface area (Å²) in [6.07, 6.45) is 1.79. The van der Waals surface area contributed by atoms with E-state index in [1.54, 1.807) is 6.07 Å². The van der Waals surface area contributed by atoms with Gasteiger partial charge in [-0.1, -0.05) is 0 Å². The van der Waals surface area contributed by atoms with E-state index in [0.717, 1.165) is 5.56 Å². The van der Waals surface area contributed by atoms with Crippen molar-refractivity contribution in [3.8, 4) is 5.75 Å². The molecule has 2 N–H and O–H groups in total. The predicted octanol–water partition coefficient (Wildman–Crippen LogP) is 2.21. The Morgan fingerprint density at radius 2 is 2.06 bits per heavy atom. The molecule has 0 bridgehead atoms. The van der Waals surface area contributed by atoms with Gasteiger partial charge in [-0.15, -0.1) is 12.4 Å². The first-order valence-electron chi connectivity index (χ1n) is 4.92. The maximum Gasteiger partial charge on any atom is 0.200 e. The quantitative estimate of drug-likeness (QED) is 0.828. The van der Waals surface area contributed by atoms with Gasteiger partial charge in [-0.25, -0.2) is 4.39 Å². The molecule has 0 saturated heterocycles. The molecule has 0 spiro atoms. The Labute approximate surface area is 99.2 Å². The number of ether oxygens (including phenoxy) is 1. The molecule has 0 unspecified atom stereocenters. The summed E-state index contributed by atoms with van der Waals surface area (Å²) in [6.45, 7) is 0. The summed E-state index contributed by atoms with van der Waals surface area (Å²) in [5.41, 5.74) is 6.99. The largest absolute Gasteiger partial charge is 0.494 e. The van der Waals surface area contributed by atoms with Crippen LogP contribution in [0, 0.1) is 11.6 Å². The Balaban J connectivity index is 0.00000128. The lowest BCUT2D eigenvalue weighted by atomic mass is 9.88. The van der Waals surface area contributed by atoms with Gasteiger partial charge in [-0.05, 0) is 36.5 Å². The molecule has 0 saturated carbocycles. The fraction of sp³-hybridized carbons (Fsp3) is 0.455. The Morgan fingerprint density at radius 3 is 2.69 bits per heavy atom. The van der Waals surface area contributed by atoms with E-state index in [1.807, 2.05) is 0 Å². The molecule has 1 aromatic rings. The van der Waals surface area contributed by atoms with Gasteiger partial charge >= 0.3 is 0 Å². The summed E-state index contributed by atoms with van der Waals surface area (Å²) in [5, 5.41) is 0. The van der Waals surface area contributed by atoms with E-state index in [0.29, 0.717) is 24.8 Å². The highest BCUT2D eigenvalue weighted by atomic mass is 35.5. The molecule has 0 radical (unpaired) electrons. The van der Waals surface area contributed by atoms with Crippen LogP contribution in [0.15, 0.2) is 6.07 Å². The SMILES string of the molecule is COc1cc2c(c(F)c1F)CC[C@H](N)C2.Cl. The number of hydrogen-bond donors (Lipinski definition) is 1. The number of halogens is 3. The minimum Gasteiger partial charge on any atom is -0.494 e. The number of nitrogens with two attached hydrogens (primary N) is 1. The monoisotopic (exact) mass is 249 g/mol. The van der Waals surface area contributed by atoms with Crippen LogP contribution < -0.4 is 10.5 Å². The molecule has 0 aliphatic heterocycles. The maximum absolute atomic E-state index is 13.6. The van der Waals surface area contributed by atoms with Gasteiger partial charge in [-0.3, -0.25) is 0 Å². The lowest BCUT2D eigenvalue weighted by molar-refractivity contribution is 0.366. The highest BCUT2D eigenvalue weighted by molar-refractivity contribution is 5.85. The predicted molar refractivity (Wildman–Crippen MR) is 60.2 cm³/mol. The molecule has 1 aromatic carbocycles. The third-order valence-corrected chi connectivity index (χ3v) is 2.83. The topological polar surface area (TPSA) is 35.2 Å². The molecule has 1 aliphatic rings. The van der Waals surface area contributed by atoms with Crippen molar-refractivity contribution < 1.29 is 13.5 Å². The molecule has 2 rings (SSSR count). The first-order chi connectivity index (χ1) is 7.13. The minimum absolute atomic E-state index is 0. The summed E-state index contributed by atoms with van der Waals surface area (Å²) in [7, 11) is 1.33. The van der Waals surface area contributed by atoms with Crippen LogP contribution in [0.1, 0.15) is 17.5 Å². The average Bonchev–Trinajstić information content (AvgIpc) is 2.23. The van der Waals surface area contributed by atoms with Crippen LogP contribution >= 0.6 is 12.4 Å². The number of benzene rings is 1. The zero-order valence-corrected chi connectivity index (χ0v) is 9.74. The van der Waals surface area contributed by atoms with Crippen LogP contribution in [0.4, 0.5) is 8.78 Å². The van der Waals surface area contributed by atoms with Crippen molar-refractivity contribution in [2.75, 3.05) is 7.11 Å². The average molecular weight is 250 g/mol. The van der Waals surface area contributed by atoms with Gasteiger partial charge in [0.1, 0.15) is 0 Å². The molecule has 5 heteroatoms. The van der Waals surface area contributed by atoms with Crippen molar-refractivity contribution in [3.63, 3.8) is 0 Å². The Hall–Kier alpha value is -0.870. The molecule has 1 aliphatic carbocycles. The van der Waals surface area contributed by atoms with Gasteiger partial charge in [0.05, 0.1) is 7.11 Å². The molecule has 16 heavy (non-hydrogen) atoms. The number of hydrogen-bond acceptors (Lipinski definition) is 2. The Kier molecular flexibility index (Phi) is 4.10. The third kappa shape index (κ3) is 2.13. The van der Waals surface area contributed by atoms with Gasteiger partial charge in [-0.2, -0.15) is 4.39 Å². The van der Waals surface area contributed by atoms with Crippen LogP contribution in [0.25, 0.3) is 0 Å². The van der Waals surface area contributed by atoms with E-state index in [9.17, 15) is 8.78 Å². The summed E-state index contributed by atoms with van der Waals surface area (Å²) >= 11 is 0. The van der Waals surface area contributed by atoms with E-state index < -0.39 is 11.6 Å². The normalized spacial score (nSPS) is 18.6. The smallest absolute Gasteiger partial charge is 0.200 e. The summed E-state index contributed by atoms with van der Waals surface area (Å²) in [5.74, 6) is -1.72. The maximum atomic E-state index is 13.6. The second kappa shape index (κ2) is 4.97. The number of fused-ring (bicyclic) bond motifs is 1. The van der Waals surface area contributed by atoms with Crippen LogP contribution in [-0.4, -0.2) is 13.2 Å². The summed E-state index contributed by atoms with van der Waals surface area (Å²) < 4.78 is 31.7. The van der Waals surface area contributed by atoms with Gasteiger partial charge in [0.2, 0.25) is 5.82 Å². The zero-order valence-electron chi connectivity index (χ0n) is 8.93. The second-order valence-corrected chi connectivity index (χ2v) is 3.85. The highest BCUT2D eigenvalue weighted by Gasteiger charge is 2.23. The summed E-state index contributed by atoms with van der Waals surface area (Å²) in [6, 6.07) is 1.58. The van der Waals surface area contributed by atoms with Crippen LogP contribution in [-0.2, 0) is 12.8 Å². The third-order valence-electron chi connectivity index (χ3n) is 2.83. The number of rotatable bonds is 1. The van der Waals surface area contributed by atoms with E-state index in [4.69, 9.17) is 10.5 Å². The number of methoxy groups -OCH3 is 1. The van der Waals surface area contributed by atoms with Crippen molar-refractivity contribution in [1.29, 1.82) is 0 Å². The molecule has 0 aromatic heterocycles. The highest BCUT2D eigenvalue weighted by Crippen LogP contribution is 2.30. The molecule has 0 fully saturated rings. The van der Waals surface area contributed by atoms with E-state index in [1.165, 1.54) is 7.11 Å². The fourth-order valence-electron chi connectivity index (χ4n) is 2.01. The van der Waals surface area contributed by atoms with Crippen molar-refractivity contribution in [2.24, 2.45) is 5.73 Å². The van der Waals surface area contributed by atoms with Crippen molar-refractivity contribution in [3.05, 3.63) is 28.8 Å². The van der Waals surface area contributed by atoms with Crippen LogP contribution in [0.5, 0.6) is 5.75 Å². The van der Waals surface area contributed by atoms with Gasteiger partial charge in [0.15, 0.2) is 11.6 Å². The van der Waals surface area contributed by atoms with Gasteiger partial charge in [0.25, 0.3) is 0 Å². The molecule has 90 valence electrons. The molecule has 1 atom stereocenters. The first-order valence-corrected chi connectivity index (χ1v) is 4.92. The van der Waals surface area contributed by atoms with E-state index >= 15 is 0 Å². The molecule has 0 amide bonds. The lowest BCUT2D eigenvalue weighted by Crippen LogP contribution is -2.28. The standard InChI is InChI=1S/C11H13F2NO.ClH/c1-15-9-5-6-4-7(14)2-3-8(6)10(12)11(9)13;/h5,7H,2-4,14H2,1H3;1H/t7-;/m0./s1. The van der Waals surface area contributed by atoms with Crippen LogP contribution in [0.3, 0.4) is 0 Å². The Morgan fingerprint density at radius 1 is 1.38 bits per heavy atom.